The van der Waals surface area contributed by atoms with Crippen molar-refractivity contribution in [2.45, 2.75) is 31.5 Å². The zero-order valence-electron chi connectivity index (χ0n) is 19.1. The van der Waals surface area contributed by atoms with Gasteiger partial charge in [0.2, 0.25) is 5.88 Å². The number of piperidine rings is 1. The number of carbonyl (C=O) groups is 1. The molecular weight excluding hydrogens is 472 g/mol. The normalized spacial score (nSPS) is 24.6. The lowest BCUT2D eigenvalue weighted by molar-refractivity contribution is -0.111. The highest BCUT2D eigenvalue weighted by Gasteiger charge is 2.47. The second-order valence-corrected chi connectivity index (χ2v) is 10.0. The van der Waals surface area contributed by atoms with E-state index in [1.165, 1.54) is 6.33 Å². The minimum atomic E-state index is -0.305. The predicted molar refractivity (Wildman–Crippen MR) is 124 cm³/mol. The number of fused-ring (bicyclic) bond motifs is 3. The maximum Gasteiger partial charge on any atom is 0.410 e. The molecule has 2 saturated heterocycles. The van der Waals surface area contributed by atoms with Crippen LogP contribution in [-0.4, -0.2) is 68.7 Å². The number of nitrogens with zero attached hydrogens (tertiary/aromatic N) is 6. The van der Waals surface area contributed by atoms with Crippen LogP contribution in [0.1, 0.15) is 25.3 Å². The number of nitriles is 1. The van der Waals surface area contributed by atoms with Crippen molar-refractivity contribution in [3.8, 4) is 17.6 Å². The van der Waals surface area contributed by atoms with E-state index in [-0.39, 0.29) is 29.6 Å². The number of benzene rings is 1. The molecular formula is C24H23ClN6O4. The molecule has 1 amide bonds. The van der Waals surface area contributed by atoms with Gasteiger partial charge in [-0.3, -0.25) is 0 Å². The molecule has 2 unspecified atom stereocenters. The van der Waals surface area contributed by atoms with Gasteiger partial charge in [-0.25, -0.2) is 19.4 Å². The van der Waals surface area contributed by atoms with Crippen molar-refractivity contribution >= 4 is 28.7 Å². The Hall–Kier alpha value is -3.42. The smallest absolute Gasteiger partial charge is 0.410 e. The quantitative estimate of drug-likeness (QED) is 0.542. The zero-order valence-corrected chi connectivity index (χ0v) is 19.8. The Labute approximate surface area is 206 Å². The van der Waals surface area contributed by atoms with Crippen molar-refractivity contribution in [2.24, 2.45) is 11.8 Å². The summed E-state index contributed by atoms with van der Waals surface area (Å²) in [5, 5.41) is 14.6. The third-order valence-corrected chi connectivity index (χ3v) is 7.23. The maximum atomic E-state index is 12.7. The molecule has 3 aliphatic rings. The monoisotopic (exact) mass is 494 g/mol. The minimum Gasteiger partial charge on any atom is -0.473 e. The number of hydrogen-bond donors (Lipinski definition) is 0. The second-order valence-electron chi connectivity index (χ2n) is 9.61. The van der Waals surface area contributed by atoms with E-state index in [0.717, 1.165) is 12.8 Å². The van der Waals surface area contributed by atoms with Crippen molar-refractivity contribution in [3.63, 3.8) is 0 Å². The first-order chi connectivity index (χ1) is 16.9. The number of hydrogen-bond acceptors (Lipinski definition) is 8. The Kier molecular flexibility index (Phi) is 5.27. The molecule has 2 aliphatic heterocycles. The Morgan fingerprint density at radius 3 is 2.71 bits per heavy atom. The molecule has 180 valence electrons. The van der Waals surface area contributed by atoms with Gasteiger partial charge in [-0.05, 0) is 38.0 Å². The van der Waals surface area contributed by atoms with Gasteiger partial charge in [0, 0.05) is 24.9 Å². The summed E-state index contributed by atoms with van der Waals surface area (Å²) in [5.41, 5.74) is 1.30. The molecule has 6 rings (SSSR count). The summed E-state index contributed by atoms with van der Waals surface area (Å²) >= 11 is 6.40. The number of amides is 1. The molecule has 2 aromatic heterocycles. The lowest BCUT2D eigenvalue weighted by Gasteiger charge is -2.46. The van der Waals surface area contributed by atoms with E-state index in [2.05, 4.69) is 21.1 Å². The number of carbonyl (C=O) groups excluding carboxylic acids is 1. The molecule has 4 heterocycles. The summed E-state index contributed by atoms with van der Waals surface area (Å²) < 4.78 is 19.5. The predicted octanol–water partition coefficient (Wildman–Crippen LogP) is 3.36. The average Bonchev–Trinajstić information content (AvgIpc) is 3.40. The molecule has 1 saturated carbocycles. The van der Waals surface area contributed by atoms with Gasteiger partial charge < -0.3 is 19.1 Å². The number of halogens is 1. The lowest BCUT2D eigenvalue weighted by atomic mass is 9.84. The number of likely N-dealkylation sites (tertiary alicyclic amines) is 1. The van der Waals surface area contributed by atoms with Crippen molar-refractivity contribution < 1.29 is 19.0 Å². The molecule has 10 nitrogen and oxygen atoms in total. The highest BCUT2D eigenvalue weighted by Crippen LogP contribution is 2.40. The van der Waals surface area contributed by atoms with E-state index in [1.807, 2.05) is 6.92 Å². The Morgan fingerprint density at radius 1 is 1.26 bits per heavy atom. The third kappa shape index (κ3) is 4.05. The Morgan fingerprint density at radius 2 is 2.03 bits per heavy atom. The van der Waals surface area contributed by atoms with Crippen LogP contribution in [-0.2, 0) is 9.47 Å². The Balaban J connectivity index is 1.25. The van der Waals surface area contributed by atoms with Crippen LogP contribution in [0.5, 0.6) is 5.88 Å². The van der Waals surface area contributed by atoms with E-state index < -0.39 is 0 Å². The number of aromatic nitrogens is 4. The zero-order chi connectivity index (χ0) is 24.2. The highest BCUT2D eigenvalue weighted by atomic mass is 35.5. The van der Waals surface area contributed by atoms with Crippen molar-refractivity contribution in [2.75, 3.05) is 26.3 Å². The largest absolute Gasteiger partial charge is 0.473 e. The van der Waals surface area contributed by atoms with Gasteiger partial charge in [0.1, 0.15) is 23.4 Å². The van der Waals surface area contributed by atoms with Crippen LogP contribution >= 0.6 is 11.6 Å². The molecule has 2 bridgehead atoms. The van der Waals surface area contributed by atoms with E-state index >= 15 is 0 Å². The fraction of sp³-hybridized carbons (Fsp3) is 0.458. The van der Waals surface area contributed by atoms with Crippen molar-refractivity contribution in [1.29, 1.82) is 5.26 Å². The number of rotatable bonds is 4. The first-order valence-corrected chi connectivity index (χ1v) is 11.9. The molecule has 0 spiro atoms. The van der Waals surface area contributed by atoms with Crippen LogP contribution in [0.3, 0.4) is 0 Å². The van der Waals surface area contributed by atoms with E-state index in [4.69, 9.17) is 31.1 Å². The molecule has 1 aromatic carbocycles. The van der Waals surface area contributed by atoms with Gasteiger partial charge in [-0.1, -0.05) is 11.6 Å². The van der Waals surface area contributed by atoms with E-state index in [1.54, 1.807) is 34.0 Å². The first-order valence-electron chi connectivity index (χ1n) is 11.6. The SMILES string of the molecule is CC1(OC(=O)N2CC3COCC(C2)C3Oc2ncnc3c2cnn3-c2ccc(C#N)cc2Cl)CC1. The van der Waals surface area contributed by atoms with Gasteiger partial charge in [0.05, 0.1) is 41.8 Å². The molecule has 2 atom stereocenters. The lowest BCUT2D eigenvalue weighted by Crippen LogP contribution is -2.59. The summed E-state index contributed by atoms with van der Waals surface area (Å²) in [6.07, 6.45) is 4.49. The average molecular weight is 495 g/mol. The van der Waals surface area contributed by atoms with Gasteiger partial charge in [0.15, 0.2) is 5.65 Å². The molecule has 0 radical (unpaired) electrons. The van der Waals surface area contributed by atoms with Crippen molar-refractivity contribution in [3.05, 3.63) is 41.3 Å². The number of ether oxygens (including phenoxy) is 3. The summed E-state index contributed by atoms with van der Waals surface area (Å²) in [5.74, 6) is 0.416. The molecule has 1 aliphatic carbocycles. The van der Waals surface area contributed by atoms with E-state index in [0.29, 0.717) is 59.5 Å². The van der Waals surface area contributed by atoms with Crippen LogP contribution in [0.2, 0.25) is 5.02 Å². The molecule has 35 heavy (non-hydrogen) atoms. The van der Waals surface area contributed by atoms with E-state index in [9.17, 15) is 4.79 Å². The van der Waals surface area contributed by atoms with Crippen LogP contribution in [0.15, 0.2) is 30.7 Å². The van der Waals surface area contributed by atoms with Crippen LogP contribution in [0.25, 0.3) is 16.7 Å². The third-order valence-electron chi connectivity index (χ3n) is 6.93. The fourth-order valence-electron chi connectivity index (χ4n) is 4.76. The highest BCUT2D eigenvalue weighted by molar-refractivity contribution is 6.32. The fourth-order valence-corrected chi connectivity index (χ4v) is 5.02. The van der Waals surface area contributed by atoms with Gasteiger partial charge >= 0.3 is 6.09 Å². The first kappa shape index (κ1) is 22.1. The summed E-state index contributed by atoms with van der Waals surface area (Å²) in [6, 6.07) is 7.07. The maximum absolute atomic E-state index is 12.7. The minimum absolute atomic E-state index is 0.00455. The topological polar surface area (TPSA) is 115 Å². The summed E-state index contributed by atoms with van der Waals surface area (Å²) in [4.78, 5) is 23.3. The van der Waals surface area contributed by atoms with Gasteiger partial charge in [-0.15, -0.1) is 0 Å². The van der Waals surface area contributed by atoms with Gasteiger partial charge in [0.25, 0.3) is 0 Å². The molecule has 3 aromatic rings. The molecule has 3 fully saturated rings. The summed E-state index contributed by atoms with van der Waals surface area (Å²) in [7, 11) is 0. The molecule has 11 heteroatoms. The van der Waals surface area contributed by atoms with Crippen LogP contribution in [0.4, 0.5) is 4.79 Å². The molecule has 0 N–H and O–H groups in total. The van der Waals surface area contributed by atoms with Crippen LogP contribution < -0.4 is 4.74 Å². The summed E-state index contributed by atoms with van der Waals surface area (Å²) in [6.45, 7) is 3.97. The standard InChI is InChI=1S/C24H23ClN6O4/c1-24(4-5-24)35-23(32)30-9-15-11-33-12-16(10-30)20(15)34-22-17-8-29-31(21(17)27-13-28-22)19-3-2-14(7-26)6-18(19)25/h2-3,6,8,13,15-16,20H,4-5,9-12H2,1H3. The van der Waals surface area contributed by atoms with Crippen LogP contribution in [0, 0.1) is 23.2 Å². The van der Waals surface area contributed by atoms with Crippen molar-refractivity contribution in [1.82, 2.24) is 24.6 Å². The second kappa shape index (κ2) is 8.36. The van der Waals surface area contributed by atoms with Gasteiger partial charge in [-0.2, -0.15) is 10.4 Å². The Bertz CT molecular complexity index is 1340.